The number of ether oxygens (including phenoxy) is 1. The number of aliphatic hydroxyl groups excluding tert-OH is 1. The summed E-state index contributed by atoms with van der Waals surface area (Å²) >= 11 is 1.85. The fourth-order valence-electron chi connectivity index (χ4n) is 2.15. The maximum absolute atomic E-state index is 9.46. The zero-order valence-corrected chi connectivity index (χ0v) is 13.8. The number of unbranched alkanes of at least 4 members (excludes halogenated alkanes) is 9. The molecule has 0 aromatic rings. The minimum atomic E-state index is -0.293. The Kier molecular flexibility index (Phi) is 16.6. The van der Waals surface area contributed by atoms with Gasteiger partial charge in [-0.1, -0.05) is 64.7 Å². The average Bonchev–Trinajstić information content (AvgIpc) is 2.40. The van der Waals surface area contributed by atoms with Crippen molar-refractivity contribution in [1.29, 1.82) is 0 Å². The fourth-order valence-corrected chi connectivity index (χ4v) is 3.09. The molecule has 0 aliphatic heterocycles. The molecule has 0 radical (unpaired) electrons. The molecule has 3 heteroatoms. The Bertz CT molecular complexity index is 165. The largest absolute Gasteiger partial charge is 0.390 e. The van der Waals surface area contributed by atoms with Crippen LogP contribution in [0.5, 0.6) is 0 Å². The predicted octanol–water partition coefficient (Wildman–Crippen LogP) is 4.65. The summed E-state index contributed by atoms with van der Waals surface area (Å²) in [6, 6.07) is 0. The molecule has 0 fully saturated rings. The third-order valence-corrected chi connectivity index (χ3v) is 4.51. The van der Waals surface area contributed by atoms with Crippen LogP contribution in [-0.4, -0.2) is 36.4 Å². The third-order valence-electron chi connectivity index (χ3n) is 3.31. The lowest BCUT2D eigenvalue weighted by Crippen LogP contribution is -2.16. The lowest BCUT2D eigenvalue weighted by molar-refractivity contribution is 0.0794. The summed E-state index contributed by atoms with van der Waals surface area (Å²) in [4.78, 5) is 0. The second kappa shape index (κ2) is 16.3. The quantitative estimate of drug-likeness (QED) is 0.445. The third kappa shape index (κ3) is 16.2. The molecule has 0 aromatic heterocycles. The second-order valence-electron chi connectivity index (χ2n) is 5.37. The minimum Gasteiger partial charge on any atom is -0.390 e. The SMILES string of the molecule is CCCCCCCCCCCCSCC(O)COC. The highest BCUT2D eigenvalue weighted by Gasteiger charge is 2.02. The van der Waals surface area contributed by atoms with Crippen LogP contribution in [0.3, 0.4) is 0 Å². The molecule has 1 unspecified atom stereocenters. The van der Waals surface area contributed by atoms with Gasteiger partial charge in [0.25, 0.3) is 0 Å². The highest BCUT2D eigenvalue weighted by molar-refractivity contribution is 7.99. The summed E-state index contributed by atoms with van der Waals surface area (Å²) < 4.78 is 4.90. The van der Waals surface area contributed by atoms with Crippen LogP contribution in [0.2, 0.25) is 0 Å². The number of hydrogen-bond acceptors (Lipinski definition) is 3. The van der Waals surface area contributed by atoms with Crippen molar-refractivity contribution in [1.82, 2.24) is 0 Å². The van der Waals surface area contributed by atoms with Gasteiger partial charge in [-0.2, -0.15) is 11.8 Å². The molecule has 0 heterocycles. The van der Waals surface area contributed by atoms with E-state index >= 15 is 0 Å². The van der Waals surface area contributed by atoms with E-state index in [-0.39, 0.29) is 6.10 Å². The molecule has 0 amide bonds. The van der Waals surface area contributed by atoms with Crippen LogP contribution in [0, 0.1) is 0 Å². The van der Waals surface area contributed by atoms with Gasteiger partial charge < -0.3 is 9.84 Å². The Morgan fingerprint density at radius 2 is 1.42 bits per heavy atom. The predicted molar refractivity (Wildman–Crippen MR) is 87.1 cm³/mol. The lowest BCUT2D eigenvalue weighted by Gasteiger charge is -2.08. The molecule has 116 valence electrons. The van der Waals surface area contributed by atoms with Crippen molar-refractivity contribution in [2.75, 3.05) is 25.2 Å². The van der Waals surface area contributed by atoms with E-state index in [1.54, 1.807) is 7.11 Å². The van der Waals surface area contributed by atoms with Crippen LogP contribution in [0.1, 0.15) is 71.1 Å². The monoisotopic (exact) mass is 290 g/mol. The molecule has 0 bridgehead atoms. The van der Waals surface area contributed by atoms with Crippen LogP contribution in [0.25, 0.3) is 0 Å². The highest BCUT2D eigenvalue weighted by atomic mass is 32.2. The van der Waals surface area contributed by atoms with Crippen molar-refractivity contribution in [3.8, 4) is 0 Å². The Morgan fingerprint density at radius 1 is 0.895 bits per heavy atom. The van der Waals surface area contributed by atoms with Gasteiger partial charge in [-0.05, 0) is 12.2 Å². The molecule has 0 aliphatic rings. The van der Waals surface area contributed by atoms with E-state index in [2.05, 4.69) is 6.92 Å². The van der Waals surface area contributed by atoms with Gasteiger partial charge in [0, 0.05) is 12.9 Å². The first-order valence-electron chi connectivity index (χ1n) is 8.06. The molecule has 0 rings (SSSR count). The summed E-state index contributed by atoms with van der Waals surface area (Å²) in [5.41, 5.74) is 0. The van der Waals surface area contributed by atoms with Gasteiger partial charge in [-0.15, -0.1) is 0 Å². The van der Waals surface area contributed by atoms with Crippen molar-refractivity contribution >= 4 is 11.8 Å². The van der Waals surface area contributed by atoms with Crippen LogP contribution < -0.4 is 0 Å². The summed E-state index contributed by atoms with van der Waals surface area (Å²) in [5, 5.41) is 9.46. The molecule has 1 atom stereocenters. The smallest absolute Gasteiger partial charge is 0.0863 e. The van der Waals surface area contributed by atoms with Crippen LogP contribution in [0.4, 0.5) is 0 Å². The molecule has 19 heavy (non-hydrogen) atoms. The molecule has 0 saturated carbocycles. The van der Waals surface area contributed by atoms with E-state index in [0.717, 1.165) is 5.75 Å². The van der Waals surface area contributed by atoms with E-state index in [9.17, 15) is 5.11 Å². The molecule has 0 saturated heterocycles. The first kappa shape index (κ1) is 19.3. The Labute approximate surface area is 124 Å². The maximum Gasteiger partial charge on any atom is 0.0863 e. The molecule has 1 N–H and O–H groups in total. The van der Waals surface area contributed by atoms with Gasteiger partial charge >= 0.3 is 0 Å². The van der Waals surface area contributed by atoms with Gasteiger partial charge in [-0.25, -0.2) is 0 Å². The highest BCUT2D eigenvalue weighted by Crippen LogP contribution is 2.12. The van der Waals surface area contributed by atoms with Crippen LogP contribution >= 0.6 is 11.8 Å². The Balaban J connectivity index is 2.99. The van der Waals surface area contributed by atoms with E-state index < -0.39 is 0 Å². The number of aliphatic hydroxyl groups is 1. The fraction of sp³-hybridized carbons (Fsp3) is 1.00. The summed E-state index contributed by atoms with van der Waals surface area (Å²) in [6.45, 7) is 2.73. The van der Waals surface area contributed by atoms with E-state index in [1.165, 1.54) is 70.0 Å². The van der Waals surface area contributed by atoms with Crippen molar-refractivity contribution in [2.45, 2.75) is 77.2 Å². The molecule has 2 nitrogen and oxygen atoms in total. The van der Waals surface area contributed by atoms with Crippen LogP contribution in [-0.2, 0) is 4.74 Å². The average molecular weight is 291 g/mol. The Hall–Kier alpha value is 0.270. The minimum absolute atomic E-state index is 0.293. The number of methoxy groups -OCH3 is 1. The van der Waals surface area contributed by atoms with Crippen molar-refractivity contribution in [3.63, 3.8) is 0 Å². The lowest BCUT2D eigenvalue weighted by atomic mass is 10.1. The van der Waals surface area contributed by atoms with Crippen molar-refractivity contribution < 1.29 is 9.84 Å². The summed E-state index contributed by atoms with van der Waals surface area (Å²) in [5.74, 6) is 1.99. The first-order valence-corrected chi connectivity index (χ1v) is 9.21. The molecular weight excluding hydrogens is 256 g/mol. The summed E-state index contributed by atoms with van der Waals surface area (Å²) in [7, 11) is 1.64. The first-order chi connectivity index (χ1) is 9.31. The topological polar surface area (TPSA) is 29.5 Å². The molecule has 0 aliphatic carbocycles. The van der Waals surface area contributed by atoms with Gasteiger partial charge in [0.2, 0.25) is 0 Å². The van der Waals surface area contributed by atoms with Crippen molar-refractivity contribution in [3.05, 3.63) is 0 Å². The van der Waals surface area contributed by atoms with E-state index in [4.69, 9.17) is 4.74 Å². The maximum atomic E-state index is 9.46. The number of hydrogen-bond donors (Lipinski definition) is 1. The van der Waals surface area contributed by atoms with E-state index in [0.29, 0.717) is 6.61 Å². The molecule has 0 spiro atoms. The van der Waals surface area contributed by atoms with Gasteiger partial charge in [0.1, 0.15) is 0 Å². The number of thioether (sulfide) groups is 1. The zero-order valence-electron chi connectivity index (χ0n) is 13.0. The normalized spacial score (nSPS) is 12.8. The zero-order chi connectivity index (χ0) is 14.2. The van der Waals surface area contributed by atoms with E-state index in [1.807, 2.05) is 11.8 Å². The second-order valence-corrected chi connectivity index (χ2v) is 6.52. The molecular formula is C16H34O2S. The standard InChI is InChI=1S/C16H34O2S/c1-3-4-5-6-7-8-9-10-11-12-13-19-15-16(17)14-18-2/h16-17H,3-15H2,1-2H3. The molecule has 0 aromatic carbocycles. The van der Waals surface area contributed by atoms with Crippen molar-refractivity contribution in [2.24, 2.45) is 0 Å². The van der Waals surface area contributed by atoms with Gasteiger partial charge in [0.15, 0.2) is 0 Å². The summed E-state index contributed by atoms with van der Waals surface area (Å²) in [6.07, 6.45) is 13.6. The van der Waals surface area contributed by atoms with Gasteiger partial charge in [0.05, 0.1) is 12.7 Å². The Morgan fingerprint density at radius 3 is 1.95 bits per heavy atom. The van der Waals surface area contributed by atoms with Crippen LogP contribution in [0.15, 0.2) is 0 Å². The van der Waals surface area contributed by atoms with Gasteiger partial charge in [-0.3, -0.25) is 0 Å². The number of rotatable bonds is 15.